The van der Waals surface area contributed by atoms with Gasteiger partial charge in [0.05, 0.1) is 5.56 Å². The van der Waals surface area contributed by atoms with Crippen molar-refractivity contribution >= 4 is 23.3 Å². The SMILES string of the molecule is CSc1cccc(N(C)CCc2ccncc2)c1C(=N)N. The van der Waals surface area contributed by atoms with Gasteiger partial charge in [-0.3, -0.25) is 10.4 Å². The summed E-state index contributed by atoms with van der Waals surface area (Å²) in [4.78, 5) is 7.22. The molecular weight excluding hydrogens is 280 g/mol. The number of nitrogens with one attached hydrogen (secondary N) is 1. The molecule has 1 aromatic carbocycles. The highest BCUT2D eigenvalue weighted by Crippen LogP contribution is 2.28. The topological polar surface area (TPSA) is 66.0 Å². The zero-order chi connectivity index (χ0) is 15.2. The summed E-state index contributed by atoms with van der Waals surface area (Å²) < 4.78 is 0. The van der Waals surface area contributed by atoms with Crippen molar-refractivity contribution in [2.45, 2.75) is 11.3 Å². The van der Waals surface area contributed by atoms with E-state index >= 15 is 0 Å². The van der Waals surface area contributed by atoms with Crippen molar-refractivity contribution in [1.82, 2.24) is 4.98 Å². The van der Waals surface area contributed by atoms with Gasteiger partial charge in [-0.15, -0.1) is 11.8 Å². The molecule has 2 rings (SSSR count). The number of hydrogen-bond donors (Lipinski definition) is 2. The van der Waals surface area contributed by atoms with Crippen LogP contribution in [0.5, 0.6) is 0 Å². The predicted molar refractivity (Wildman–Crippen MR) is 90.5 cm³/mol. The van der Waals surface area contributed by atoms with Crippen LogP contribution in [0.1, 0.15) is 11.1 Å². The number of pyridine rings is 1. The molecule has 2 aromatic rings. The fourth-order valence-electron chi connectivity index (χ4n) is 2.25. The second-order valence-corrected chi connectivity index (χ2v) is 5.64. The number of hydrogen-bond acceptors (Lipinski definition) is 4. The van der Waals surface area contributed by atoms with Crippen LogP contribution in [0.4, 0.5) is 5.69 Å². The van der Waals surface area contributed by atoms with E-state index in [9.17, 15) is 0 Å². The molecule has 0 aliphatic rings. The van der Waals surface area contributed by atoms with E-state index in [4.69, 9.17) is 11.1 Å². The standard InChI is InChI=1S/C16H20N4S/c1-20(11-8-12-6-9-19-10-7-12)13-4-3-5-14(21-2)15(13)16(17)18/h3-7,9-10H,8,11H2,1-2H3,(H3,17,18). The number of rotatable bonds is 6. The van der Waals surface area contributed by atoms with E-state index in [-0.39, 0.29) is 5.84 Å². The van der Waals surface area contributed by atoms with Crippen molar-refractivity contribution in [2.24, 2.45) is 5.73 Å². The van der Waals surface area contributed by atoms with E-state index in [1.807, 2.05) is 56.0 Å². The Labute approximate surface area is 129 Å². The Balaban J connectivity index is 2.19. The molecule has 4 nitrogen and oxygen atoms in total. The number of likely N-dealkylation sites (N-methyl/N-ethyl adjacent to an activating group) is 1. The third-order valence-electron chi connectivity index (χ3n) is 3.39. The van der Waals surface area contributed by atoms with Gasteiger partial charge < -0.3 is 10.6 Å². The van der Waals surface area contributed by atoms with Gasteiger partial charge in [0.2, 0.25) is 0 Å². The molecule has 0 amide bonds. The number of thioether (sulfide) groups is 1. The second kappa shape index (κ2) is 7.13. The minimum Gasteiger partial charge on any atom is -0.384 e. The normalized spacial score (nSPS) is 10.4. The molecule has 0 aliphatic heterocycles. The predicted octanol–water partition coefficient (Wildman–Crippen LogP) is 2.77. The maximum Gasteiger partial charge on any atom is 0.126 e. The third-order valence-corrected chi connectivity index (χ3v) is 4.17. The Bertz CT molecular complexity index is 613. The average Bonchev–Trinajstić information content (AvgIpc) is 2.52. The highest BCUT2D eigenvalue weighted by atomic mass is 32.2. The van der Waals surface area contributed by atoms with E-state index in [2.05, 4.69) is 9.88 Å². The fourth-order valence-corrected chi connectivity index (χ4v) is 2.88. The van der Waals surface area contributed by atoms with Gasteiger partial charge in [0.1, 0.15) is 5.84 Å². The highest BCUT2D eigenvalue weighted by molar-refractivity contribution is 7.98. The Kier molecular flexibility index (Phi) is 5.22. The van der Waals surface area contributed by atoms with Gasteiger partial charge in [-0.1, -0.05) is 6.07 Å². The molecule has 110 valence electrons. The number of anilines is 1. The lowest BCUT2D eigenvalue weighted by Crippen LogP contribution is -2.25. The van der Waals surface area contributed by atoms with Gasteiger partial charge in [-0.2, -0.15) is 0 Å². The summed E-state index contributed by atoms with van der Waals surface area (Å²) in [6.45, 7) is 0.863. The van der Waals surface area contributed by atoms with Gasteiger partial charge in [0.15, 0.2) is 0 Å². The molecule has 0 spiro atoms. The monoisotopic (exact) mass is 300 g/mol. The van der Waals surface area contributed by atoms with Crippen LogP contribution in [0.2, 0.25) is 0 Å². The van der Waals surface area contributed by atoms with Crippen LogP contribution in [0, 0.1) is 5.41 Å². The molecule has 0 saturated heterocycles. The Morgan fingerprint density at radius 2 is 2.00 bits per heavy atom. The molecule has 3 N–H and O–H groups in total. The smallest absolute Gasteiger partial charge is 0.126 e. The summed E-state index contributed by atoms with van der Waals surface area (Å²) >= 11 is 1.61. The number of benzene rings is 1. The first-order valence-electron chi connectivity index (χ1n) is 6.75. The lowest BCUT2D eigenvalue weighted by atomic mass is 10.1. The fraction of sp³-hybridized carbons (Fsp3) is 0.250. The van der Waals surface area contributed by atoms with Crippen molar-refractivity contribution in [3.05, 3.63) is 53.9 Å². The molecule has 0 aliphatic carbocycles. The van der Waals surface area contributed by atoms with Crippen LogP contribution in [-0.2, 0) is 6.42 Å². The molecule has 1 heterocycles. The molecule has 0 saturated carbocycles. The largest absolute Gasteiger partial charge is 0.384 e. The molecule has 0 atom stereocenters. The lowest BCUT2D eigenvalue weighted by molar-refractivity contribution is 0.872. The Morgan fingerprint density at radius 3 is 2.62 bits per heavy atom. The molecular formula is C16H20N4S. The van der Waals surface area contributed by atoms with Crippen LogP contribution < -0.4 is 10.6 Å². The second-order valence-electron chi connectivity index (χ2n) is 4.80. The molecule has 0 unspecified atom stereocenters. The third kappa shape index (κ3) is 3.76. The van der Waals surface area contributed by atoms with E-state index in [1.165, 1.54) is 5.56 Å². The van der Waals surface area contributed by atoms with Crippen LogP contribution in [0.25, 0.3) is 0 Å². The minimum absolute atomic E-state index is 0.116. The minimum atomic E-state index is 0.116. The van der Waals surface area contributed by atoms with Crippen LogP contribution in [0.15, 0.2) is 47.6 Å². The van der Waals surface area contributed by atoms with Gasteiger partial charge in [-0.25, -0.2) is 0 Å². The molecule has 0 radical (unpaired) electrons. The number of nitrogen functional groups attached to an aromatic ring is 1. The van der Waals surface area contributed by atoms with Crippen molar-refractivity contribution in [3.8, 4) is 0 Å². The quantitative estimate of drug-likeness (QED) is 0.489. The van der Waals surface area contributed by atoms with Crippen molar-refractivity contribution in [1.29, 1.82) is 5.41 Å². The van der Waals surface area contributed by atoms with Gasteiger partial charge in [-0.05, 0) is 42.5 Å². The van der Waals surface area contributed by atoms with Crippen LogP contribution in [0.3, 0.4) is 0 Å². The van der Waals surface area contributed by atoms with E-state index in [1.54, 1.807) is 11.8 Å². The van der Waals surface area contributed by atoms with Crippen molar-refractivity contribution in [3.63, 3.8) is 0 Å². The first kappa shape index (κ1) is 15.4. The molecule has 0 fully saturated rings. The summed E-state index contributed by atoms with van der Waals surface area (Å²) in [5, 5.41) is 7.84. The zero-order valence-electron chi connectivity index (χ0n) is 12.3. The van der Waals surface area contributed by atoms with E-state index in [0.717, 1.165) is 29.1 Å². The molecule has 5 heteroatoms. The van der Waals surface area contributed by atoms with Gasteiger partial charge in [0.25, 0.3) is 0 Å². The number of aromatic nitrogens is 1. The number of nitrogens with two attached hydrogens (primary N) is 1. The molecule has 0 bridgehead atoms. The Hall–Kier alpha value is -2.01. The van der Waals surface area contributed by atoms with Gasteiger partial charge in [0, 0.05) is 36.6 Å². The maximum absolute atomic E-state index is 7.84. The van der Waals surface area contributed by atoms with Crippen LogP contribution in [-0.4, -0.2) is 30.7 Å². The van der Waals surface area contributed by atoms with E-state index in [0.29, 0.717) is 0 Å². The summed E-state index contributed by atoms with van der Waals surface area (Å²) in [7, 11) is 2.03. The van der Waals surface area contributed by atoms with Crippen LogP contribution >= 0.6 is 11.8 Å². The molecule has 21 heavy (non-hydrogen) atoms. The lowest BCUT2D eigenvalue weighted by Gasteiger charge is -2.23. The Morgan fingerprint density at radius 1 is 1.29 bits per heavy atom. The first-order chi connectivity index (χ1) is 10.1. The first-order valence-corrected chi connectivity index (χ1v) is 7.97. The average molecular weight is 300 g/mol. The zero-order valence-corrected chi connectivity index (χ0v) is 13.2. The van der Waals surface area contributed by atoms with E-state index < -0.39 is 0 Å². The number of nitrogens with zero attached hydrogens (tertiary/aromatic N) is 2. The molecule has 1 aromatic heterocycles. The summed E-state index contributed by atoms with van der Waals surface area (Å²) in [6.07, 6.45) is 6.55. The van der Waals surface area contributed by atoms with Crippen molar-refractivity contribution < 1.29 is 0 Å². The van der Waals surface area contributed by atoms with Crippen molar-refractivity contribution in [2.75, 3.05) is 24.7 Å². The van der Waals surface area contributed by atoms with Gasteiger partial charge >= 0.3 is 0 Å². The summed E-state index contributed by atoms with van der Waals surface area (Å²) in [5.41, 5.74) is 8.85. The summed E-state index contributed by atoms with van der Waals surface area (Å²) in [6, 6.07) is 10.1. The maximum atomic E-state index is 7.84. The highest BCUT2D eigenvalue weighted by Gasteiger charge is 2.13. The summed E-state index contributed by atoms with van der Waals surface area (Å²) in [5.74, 6) is 0.116. The number of amidine groups is 1.